The second-order valence-corrected chi connectivity index (χ2v) is 3.16. The van der Waals surface area contributed by atoms with Gasteiger partial charge in [-0.1, -0.05) is 11.6 Å². The summed E-state index contributed by atoms with van der Waals surface area (Å²) in [7, 11) is 1.67. The number of halogens is 2. The molecular formula is C8H10Cl2N2O3. The van der Waals surface area contributed by atoms with E-state index in [-0.39, 0.29) is 28.9 Å². The Bertz CT molecular complexity index is 371. The van der Waals surface area contributed by atoms with Gasteiger partial charge in [0.1, 0.15) is 0 Å². The molecule has 1 rings (SSSR count). The number of nitrogens with zero attached hydrogens (tertiary/aromatic N) is 1. The summed E-state index contributed by atoms with van der Waals surface area (Å²) in [5, 5.41) is 23.0. The Hall–Kier alpha value is -1.04. The van der Waals surface area contributed by atoms with Gasteiger partial charge in [-0.3, -0.25) is 10.1 Å². The van der Waals surface area contributed by atoms with E-state index in [1.165, 1.54) is 6.07 Å². The maximum absolute atomic E-state index is 10.5. The molecule has 0 atom stereocenters. The Labute approximate surface area is 97.6 Å². The third-order valence-corrected chi connectivity index (χ3v) is 1.92. The standard InChI is InChI=1S/C8H9ClN2O3.ClH/c1-10-4-5-2-6(9)3-7(8(5)12)11(13)14;/h2-3,10,12H,4H2,1H3;1H. The number of benzene rings is 1. The quantitative estimate of drug-likeness (QED) is 0.638. The highest BCUT2D eigenvalue weighted by Crippen LogP contribution is 2.32. The molecule has 0 saturated heterocycles. The summed E-state index contributed by atoms with van der Waals surface area (Å²) in [5.41, 5.74) is 0.0365. The lowest BCUT2D eigenvalue weighted by Crippen LogP contribution is -2.06. The predicted octanol–water partition coefficient (Wildman–Crippen LogP) is 2.10. The third-order valence-electron chi connectivity index (χ3n) is 1.70. The largest absolute Gasteiger partial charge is 0.502 e. The highest BCUT2D eigenvalue weighted by Gasteiger charge is 2.17. The summed E-state index contributed by atoms with van der Waals surface area (Å²) in [4.78, 5) is 9.83. The van der Waals surface area contributed by atoms with Crippen molar-refractivity contribution < 1.29 is 10.0 Å². The number of phenols is 1. The number of nitro groups is 1. The van der Waals surface area contributed by atoms with Gasteiger partial charge >= 0.3 is 5.69 Å². The summed E-state index contributed by atoms with van der Waals surface area (Å²) in [6.45, 7) is 0.327. The Balaban J connectivity index is 0.00000196. The summed E-state index contributed by atoms with van der Waals surface area (Å²) >= 11 is 5.66. The minimum atomic E-state index is -0.666. The van der Waals surface area contributed by atoms with E-state index in [1.54, 1.807) is 7.05 Å². The molecule has 0 spiro atoms. The molecule has 1 aromatic rings. The van der Waals surface area contributed by atoms with Crippen molar-refractivity contribution in [1.29, 1.82) is 0 Å². The molecular weight excluding hydrogens is 243 g/mol. The Morgan fingerprint density at radius 3 is 2.67 bits per heavy atom. The molecule has 0 radical (unpaired) electrons. The first kappa shape index (κ1) is 14.0. The van der Waals surface area contributed by atoms with Crippen molar-refractivity contribution in [3.63, 3.8) is 0 Å². The average Bonchev–Trinajstić information content (AvgIpc) is 2.10. The topological polar surface area (TPSA) is 75.4 Å². The van der Waals surface area contributed by atoms with E-state index in [0.717, 1.165) is 6.07 Å². The van der Waals surface area contributed by atoms with Gasteiger partial charge in [-0.15, -0.1) is 12.4 Å². The van der Waals surface area contributed by atoms with E-state index in [9.17, 15) is 15.2 Å². The van der Waals surface area contributed by atoms with Crippen molar-refractivity contribution in [3.05, 3.63) is 32.8 Å². The van der Waals surface area contributed by atoms with Crippen LogP contribution in [0, 0.1) is 10.1 Å². The molecule has 0 amide bonds. The second-order valence-electron chi connectivity index (χ2n) is 2.72. The van der Waals surface area contributed by atoms with Crippen LogP contribution >= 0.6 is 24.0 Å². The monoisotopic (exact) mass is 252 g/mol. The molecule has 0 saturated carbocycles. The van der Waals surface area contributed by atoms with Gasteiger partial charge in [-0.2, -0.15) is 0 Å². The lowest BCUT2D eigenvalue weighted by Gasteiger charge is -2.04. The van der Waals surface area contributed by atoms with E-state index in [1.807, 2.05) is 0 Å². The fraction of sp³-hybridized carbons (Fsp3) is 0.250. The average molecular weight is 253 g/mol. The molecule has 15 heavy (non-hydrogen) atoms. The number of nitrogens with one attached hydrogen (secondary N) is 1. The summed E-state index contributed by atoms with van der Waals surface area (Å²) < 4.78 is 0. The zero-order chi connectivity index (χ0) is 10.7. The van der Waals surface area contributed by atoms with E-state index in [2.05, 4.69) is 5.32 Å². The molecule has 2 N–H and O–H groups in total. The van der Waals surface area contributed by atoms with Gasteiger partial charge in [0.2, 0.25) is 0 Å². The summed E-state index contributed by atoms with van der Waals surface area (Å²) in [5.74, 6) is -0.339. The highest BCUT2D eigenvalue weighted by atomic mass is 35.5. The third kappa shape index (κ3) is 3.23. The van der Waals surface area contributed by atoms with Crippen LogP contribution in [-0.2, 0) is 6.54 Å². The van der Waals surface area contributed by atoms with Crippen LogP contribution in [0.2, 0.25) is 5.02 Å². The molecule has 0 unspecified atom stereocenters. The number of aromatic hydroxyl groups is 1. The Morgan fingerprint density at radius 2 is 2.20 bits per heavy atom. The first-order valence-electron chi connectivity index (χ1n) is 3.86. The van der Waals surface area contributed by atoms with Crippen LogP contribution in [0.15, 0.2) is 12.1 Å². The van der Waals surface area contributed by atoms with Crippen molar-refractivity contribution >= 4 is 29.7 Å². The van der Waals surface area contributed by atoms with Crippen LogP contribution in [0.1, 0.15) is 5.56 Å². The van der Waals surface area contributed by atoms with Gasteiger partial charge in [-0.25, -0.2) is 0 Å². The van der Waals surface area contributed by atoms with E-state index < -0.39 is 4.92 Å². The van der Waals surface area contributed by atoms with E-state index in [4.69, 9.17) is 11.6 Å². The van der Waals surface area contributed by atoms with Crippen molar-refractivity contribution in [2.75, 3.05) is 7.05 Å². The maximum atomic E-state index is 10.5. The molecule has 0 fully saturated rings. The zero-order valence-corrected chi connectivity index (χ0v) is 9.43. The number of hydrogen-bond donors (Lipinski definition) is 2. The van der Waals surface area contributed by atoms with E-state index >= 15 is 0 Å². The van der Waals surface area contributed by atoms with Crippen molar-refractivity contribution in [2.24, 2.45) is 0 Å². The summed E-state index contributed by atoms with van der Waals surface area (Å²) in [6.07, 6.45) is 0. The van der Waals surface area contributed by atoms with E-state index in [0.29, 0.717) is 12.1 Å². The predicted molar refractivity (Wildman–Crippen MR) is 59.8 cm³/mol. The number of nitro benzene ring substituents is 1. The minimum Gasteiger partial charge on any atom is -0.502 e. The molecule has 5 nitrogen and oxygen atoms in total. The van der Waals surface area contributed by atoms with Gasteiger partial charge in [0.05, 0.1) is 4.92 Å². The lowest BCUT2D eigenvalue weighted by molar-refractivity contribution is -0.385. The molecule has 7 heteroatoms. The number of rotatable bonds is 3. The minimum absolute atomic E-state index is 0. The van der Waals surface area contributed by atoms with Crippen molar-refractivity contribution in [2.45, 2.75) is 6.54 Å². The van der Waals surface area contributed by atoms with Gasteiger partial charge in [0, 0.05) is 23.2 Å². The smallest absolute Gasteiger partial charge is 0.312 e. The van der Waals surface area contributed by atoms with Gasteiger partial charge in [0.15, 0.2) is 5.75 Å². The van der Waals surface area contributed by atoms with Gasteiger partial charge < -0.3 is 10.4 Å². The van der Waals surface area contributed by atoms with Crippen LogP contribution in [-0.4, -0.2) is 17.1 Å². The molecule has 84 valence electrons. The van der Waals surface area contributed by atoms with Crippen LogP contribution in [0.5, 0.6) is 5.75 Å². The number of phenolic OH excluding ortho intramolecular Hbond substituents is 1. The van der Waals surface area contributed by atoms with Crippen LogP contribution in [0.4, 0.5) is 5.69 Å². The van der Waals surface area contributed by atoms with Gasteiger partial charge in [-0.05, 0) is 13.1 Å². The Kier molecular flexibility index (Phi) is 5.35. The first-order chi connectivity index (χ1) is 6.56. The lowest BCUT2D eigenvalue weighted by atomic mass is 10.1. The molecule has 0 heterocycles. The fourth-order valence-corrected chi connectivity index (χ4v) is 1.34. The maximum Gasteiger partial charge on any atom is 0.312 e. The highest BCUT2D eigenvalue weighted by molar-refractivity contribution is 6.31. The molecule has 0 aliphatic heterocycles. The SMILES string of the molecule is CNCc1cc(Cl)cc([N+](=O)[O-])c1O.Cl. The van der Waals surface area contributed by atoms with Crippen LogP contribution < -0.4 is 5.32 Å². The summed E-state index contributed by atoms with van der Waals surface area (Å²) in [6, 6.07) is 2.61. The van der Waals surface area contributed by atoms with Crippen molar-refractivity contribution in [3.8, 4) is 5.75 Å². The van der Waals surface area contributed by atoms with Gasteiger partial charge in [0.25, 0.3) is 0 Å². The molecule has 0 bridgehead atoms. The molecule has 0 aliphatic carbocycles. The molecule has 0 aromatic heterocycles. The Morgan fingerprint density at radius 1 is 1.60 bits per heavy atom. The van der Waals surface area contributed by atoms with Crippen LogP contribution in [0.3, 0.4) is 0 Å². The first-order valence-corrected chi connectivity index (χ1v) is 4.24. The van der Waals surface area contributed by atoms with Crippen molar-refractivity contribution in [1.82, 2.24) is 5.32 Å². The zero-order valence-electron chi connectivity index (χ0n) is 7.86. The molecule has 0 aliphatic rings. The van der Waals surface area contributed by atoms with Crippen LogP contribution in [0.25, 0.3) is 0 Å². The normalized spacial score (nSPS) is 9.47. The fourth-order valence-electron chi connectivity index (χ4n) is 1.10. The number of hydrogen-bond acceptors (Lipinski definition) is 4. The second kappa shape index (κ2) is 5.75. The molecule has 1 aromatic carbocycles.